The van der Waals surface area contributed by atoms with Gasteiger partial charge < -0.3 is 14.8 Å². The maximum atomic E-state index is 11.8. The smallest absolute Gasteiger partial charge is 0.307 e. The van der Waals surface area contributed by atoms with Gasteiger partial charge in [-0.2, -0.15) is 0 Å². The molecule has 2 atom stereocenters. The van der Waals surface area contributed by atoms with Crippen molar-refractivity contribution in [2.75, 3.05) is 5.32 Å². The highest BCUT2D eigenvalue weighted by Crippen LogP contribution is 2.39. The normalized spacial score (nSPS) is 20.4. The molecular formula is C14H12N2O4. The zero-order valence-corrected chi connectivity index (χ0v) is 10.4. The largest absolute Gasteiger partial charge is 0.481 e. The highest BCUT2D eigenvalue weighted by atomic mass is 16.4. The molecule has 2 N–H and O–H groups in total. The Hall–Kier alpha value is -2.63. The summed E-state index contributed by atoms with van der Waals surface area (Å²) in [7, 11) is 0. The lowest BCUT2D eigenvalue weighted by molar-refractivity contribution is -0.139. The summed E-state index contributed by atoms with van der Waals surface area (Å²) in [6.45, 7) is 0. The van der Waals surface area contributed by atoms with Crippen LogP contribution in [0, 0.1) is 11.8 Å². The molecule has 6 heteroatoms. The Morgan fingerprint density at radius 3 is 2.55 bits per heavy atom. The van der Waals surface area contributed by atoms with Crippen molar-refractivity contribution in [3.63, 3.8) is 0 Å². The highest BCUT2D eigenvalue weighted by molar-refractivity contribution is 5.98. The lowest BCUT2D eigenvalue weighted by Gasteiger charge is -2.05. The second-order valence-corrected chi connectivity index (χ2v) is 4.72. The van der Waals surface area contributed by atoms with E-state index in [1.807, 2.05) is 0 Å². The van der Waals surface area contributed by atoms with E-state index >= 15 is 0 Å². The number of rotatable bonds is 4. The molecule has 1 saturated carbocycles. The minimum Gasteiger partial charge on any atom is -0.481 e. The van der Waals surface area contributed by atoms with Crippen LogP contribution in [0.4, 0.5) is 5.69 Å². The summed E-state index contributed by atoms with van der Waals surface area (Å²) in [5.74, 6) is -1.46. The van der Waals surface area contributed by atoms with Gasteiger partial charge in [-0.1, -0.05) is 0 Å². The van der Waals surface area contributed by atoms with Crippen LogP contribution in [0.25, 0.3) is 11.3 Å². The third-order valence-corrected chi connectivity index (χ3v) is 3.31. The molecule has 1 aromatic heterocycles. The summed E-state index contributed by atoms with van der Waals surface area (Å²) < 4.78 is 5.17. The first-order valence-corrected chi connectivity index (χ1v) is 6.18. The highest BCUT2D eigenvalue weighted by Gasteiger charge is 2.48. The molecule has 6 nitrogen and oxygen atoms in total. The summed E-state index contributed by atoms with van der Waals surface area (Å²) >= 11 is 0. The number of carboxylic acids is 1. The van der Waals surface area contributed by atoms with E-state index < -0.39 is 17.8 Å². The fraction of sp³-hybridized carbons (Fsp3) is 0.214. The van der Waals surface area contributed by atoms with Crippen LogP contribution >= 0.6 is 0 Å². The third-order valence-electron chi connectivity index (χ3n) is 3.31. The Labute approximate surface area is 114 Å². The van der Waals surface area contributed by atoms with Gasteiger partial charge in [0, 0.05) is 11.3 Å². The summed E-state index contributed by atoms with van der Waals surface area (Å²) in [5, 5.41) is 11.5. The number of hydrogen-bond donors (Lipinski definition) is 2. The maximum Gasteiger partial charge on any atom is 0.307 e. The molecule has 102 valence electrons. The molecule has 1 aliphatic rings. The molecule has 1 heterocycles. The average molecular weight is 272 g/mol. The van der Waals surface area contributed by atoms with Gasteiger partial charge in [0.15, 0.2) is 12.2 Å². The van der Waals surface area contributed by atoms with Crippen molar-refractivity contribution in [1.82, 2.24) is 4.98 Å². The van der Waals surface area contributed by atoms with Crippen molar-refractivity contribution in [3.8, 4) is 11.3 Å². The monoisotopic (exact) mass is 272 g/mol. The fourth-order valence-corrected chi connectivity index (χ4v) is 2.07. The molecule has 0 radical (unpaired) electrons. The molecule has 3 rings (SSSR count). The number of carbonyl (C=O) groups is 2. The number of nitrogens with one attached hydrogen (secondary N) is 1. The zero-order chi connectivity index (χ0) is 14.1. The molecule has 1 fully saturated rings. The first-order chi connectivity index (χ1) is 9.65. The molecule has 1 aromatic carbocycles. The molecule has 2 unspecified atom stereocenters. The summed E-state index contributed by atoms with van der Waals surface area (Å²) in [4.78, 5) is 26.3. The van der Waals surface area contributed by atoms with Gasteiger partial charge in [0.05, 0.1) is 18.0 Å². The number of nitrogens with zero attached hydrogens (tertiary/aromatic N) is 1. The van der Waals surface area contributed by atoms with Crippen LogP contribution in [0.5, 0.6) is 0 Å². The van der Waals surface area contributed by atoms with E-state index in [-0.39, 0.29) is 5.91 Å². The van der Waals surface area contributed by atoms with Crippen LogP contribution in [0.2, 0.25) is 0 Å². The van der Waals surface area contributed by atoms with Crippen LogP contribution < -0.4 is 5.32 Å². The van der Waals surface area contributed by atoms with Gasteiger partial charge >= 0.3 is 5.97 Å². The third kappa shape index (κ3) is 2.40. The lowest BCUT2D eigenvalue weighted by atomic mass is 10.1. The Balaban J connectivity index is 1.64. The number of carbonyl (C=O) groups excluding carboxylic acids is 1. The maximum absolute atomic E-state index is 11.8. The summed E-state index contributed by atoms with van der Waals surface area (Å²) in [6, 6.07) is 7.09. The Morgan fingerprint density at radius 2 is 2.00 bits per heavy atom. The van der Waals surface area contributed by atoms with E-state index in [4.69, 9.17) is 9.52 Å². The quantitative estimate of drug-likeness (QED) is 0.888. The summed E-state index contributed by atoms with van der Waals surface area (Å²) in [5.41, 5.74) is 1.49. The molecule has 0 aliphatic heterocycles. The molecular weight excluding hydrogens is 260 g/mol. The summed E-state index contributed by atoms with van der Waals surface area (Å²) in [6.07, 6.45) is 3.37. The van der Waals surface area contributed by atoms with E-state index in [9.17, 15) is 9.59 Å². The SMILES string of the molecule is O=C(O)C1CC1C(=O)Nc1ccc(-c2cnco2)cc1. The topological polar surface area (TPSA) is 92.4 Å². The predicted molar refractivity (Wildman–Crippen MR) is 69.8 cm³/mol. The second-order valence-electron chi connectivity index (χ2n) is 4.72. The van der Waals surface area contributed by atoms with Crippen molar-refractivity contribution in [1.29, 1.82) is 0 Å². The molecule has 1 aliphatic carbocycles. The molecule has 0 spiro atoms. The first kappa shape index (κ1) is 12.4. The van der Waals surface area contributed by atoms with E-state index in [1.54, 1.807) is 30.5 Å². The Morgan fingerprint density at radius 1 is 1.25 bits per heavy atom. The van der Waals surface area contributed by atoms with Crippen molar-refractivity contribution < 1.29 is 19.1 Å². The van der Waals surface area contributed by atoms with Crippen molar-refractivity contribution in [3.05, 3.63) is 36.9 Å². The van der Waals surface area contributed by atoms with Gasteiger partial charge in [-0.25, -0.2) is 4.98 Å². The second kappa shape index (κ2) is 4.80. The fourth-order valence-electron chi connectivity index (χ4n) is 2.07. The van der Waals surface area contributed by atoms with E-state index in [0.29, 0.717) is 17.9 Å². The van der Waals surface area contributed by atoms with Crippen LogP contribution in [0.3, 0.4) is 0 Å². The molecule has 0 saturated heterocycles. The van der Waals surface area contributed by atoms with Crippen molar-refractivity contribution in [2.45, 2.75) is 6.42 Å². The van der Waals surface area contributed by atoms with Crippen molar-refractivity contribution in [2.24, 2.45) is 11.8 Å². The van der Waals surface area contributed by atoms with Crippen LogP contribution in [0.1, 0.15) is 6.42 Å². The number of aliphatic carboxylic acids is 1. The minimum atomic E-state index is -0.911. The standard InChI is InChI=1S/C14H12N2O4/c17-13(10-5-11(10)14(18)19)16-9-3-1-8(2-4-9)12-6-15-7-20-12/h1-4,6-7,10-11H,5H2,(H,16,17)(H,18,19). The van der Waals surface area contributed by atoms with Gasteiger partial charge in [0.1, 0.15) is 0 Å². The number of anilines is 1. The molecule has 1 amide bonds. The van der Waals surface area contributed by atoms with Crippen LogP contribution in [-0.4, -0.2) is 22.0 Å². The van der Waals surface area contributed by atoms with Crippen LogP contribution in [0.15, 0.2) is 41.3 Å². The zero-order valence-electron chi connectivity index (χ0n) is 10.4. The molecule has 0 bridgehead atoms. The number of benzene rings is 1. The van der Waals surface area contributed by atoms with Gasteiger partial charge in [0.2, 0.25) is 5.91 Å². The number of carboxylic acid groups (broad SMARTS) is 1. The lowest BCUT2D eigenvalue weighted by Crippen LogP contribution is -2.16. The molecule has 20 heavy (non-hydrogen) atoms. The number of amides is 1. The predicted octanol–water partition coefficient (Wildman–Crippen LogP) is 2.00. The average Bonchev–Trinajstić information content (AvgIpc) is 3.07. The van der Waals surface area contributed by atoms with Gasteiger partial charge in [-0.15, -0.1) is 0 Å². The van der Waals surface area contributed by atoms with Gasteiger partial charge in [0.25, 0.3) is 0 Å². The molecule has 2 aromatic rings. The van der Waals surface area contributed by atoms with Gasteiger partial charge in [-0.3, -0.25) is 9.59 Å². The van der Waals surface area contributed by atoms with E-state index in [0.717, 1.165) is 5.56 Å². The van der Waals surface area contributed by atoms with Gasteiger partial charge in [-0.05, 0) is 30.7 Å². The van der Waals surface area contributed by atoms with Crippen LogP contribution in [-0.2, 0) is 9.59 Å². The number of hydrogen-bond acceptors (Lipinski definition) is 4. The first-order valence-electron chi connectivity index (χ1n) is 6.18. The Bertz CT molecular complexity index is 634. The number of aromatic nitrogens is 1. The van der Waals surface area contributed by atoms with E-state index in [2.05, 4.69) is 10.3 Å². The minimum absolute atomic E-state index is 0.246. The van der Waals surface area contributed by atoms with E-state index in [1.165, 1.54) is 6.39 Å². The number of oxazole rings is 1. The Kier molecular flexibility index (Phi) is 2.98. The van der Waals surface area contributed by atoms with Crippen molar-refractivity contribution >= 4 is 17.6 Å².